The number of nitrogens with one attached hydrogen (secondary N) is 1. The van der Waals surface area contributed by atoms with E-state index in [1.54, 1.807) is 12.5 Å². The molecule has 0 unspecified atom stereocenters. The van der Waals surface area contributed by atoms with Crippen LogP contribution in [0.3, 0.4) is 0 Å². The van der Waals surface area contributed by atoms with Gasteiger partial charge in [-0.3, -0.25) is 0 Å². The molecule has 0 aliphatic carbocycles. The first-order valence-electron chi connectivity index (χ1n) is 7.53. The van der Waals surface area contributed by atoms with E-state index in [0.29, 0.717) is 12.4 Å². The predicted molar refractivity (Wildman–Crippen MR) is 89.8 cm³/mol. The number of nitrogens with zero attached hydrogens (tertiary/aromatic N) is 2. The lowest BCUT2D eigenvalue weighted by Crippen LogP contribution is -2.03. The molecule has 2 aromatic heterocycles. The number of aromatic amines is 1. The average Bonchev–Trinajstić information content (AvgIpc) is 3.24. The Hall–Kier alpha value is -2.92. The van der Waals surface area contributed by atoms with Crippen LogP contribution >= 0.6 is 0 Å². The molecule has 0 aliphatic rings. The Balaban J connectivity index is 1.83. The molecule has 0 fully saturated rings. The first-order valence-corrected chi connectivity index (χ1v) is 7.53. The smallest absolute Gasteiger partial charge is 0.226 e. The number of imidazole rings is 1. The number of rotatable bonds is 4. The van der Waals surface area contributed by atoms with Crippen molar-refractivity contribution in [3.05, 3.63) is 60.7 Å². The van der Waals surface area contributed by atoms with Gasteiger partial charge in [-0.2, -0.15) is 0 Å². The fourth-order valence-corrected chi connectivity index (χ4v) is 2.76. The Labute approximate surface area is 133 Å². The van der Waals surface area contributed by atoms with E-state index < -0.39 is 0 Å². The first kappa shape index (κ1) is 13.7. The minimum atomic E-state index is 0.583. The number of fused-ring (bicyclic) bond motifs is 1. The van der Waals surface area contributed by atoms with Gasteiger partial charge < -0.3 is 15.1 Å². The molecule has 4 rings (SSSR count). The summed E-state index contributed by atoms with van der Waals surface area (Å²) >= 11 is 0. The van der Waals surface area contributed by atoms with Crippen LogP contribution in [-0.2, 0) is 6.42 Å². The van der Waals surface area contributed by atoms with E-state index >= 15 is 0 Å². The maximum absolute atomic E-state index is 5.60. The summed E-state index contributed by atoms with van der Waals surface area (Å²) in [4.78, 5) is 12.1. The molecule has 4 aromatic rings. The largest absolute Gasteiger partial charge is 0.445 e. The highest BCUT2D eigenvalue weighted by atomic mass is 16.3. The van der Waals surface area contributed by atoms with Crippen molar-refractivity contribution in [3.8, 4) is 22.6 Å². The normalized spacial score (nSPS) is 11.2. The topological polar surface area (TPSA) is 80.7 Å². The average molecular weight is 304 g/mol. The Morgan fingerprint density at radius 2 is 1.96 bits per heavy atom. The van der Waals surface area contributed by atoms with Crippen molar-refractivity contribution in [1.82, 2.24) is 15.0 Å². The molecule has 0 saturated carbocycles. The van der Waals surface area contributed by atoms with Gasteiger partial charge in [-0.15, -0.1) is 0 Å². The summed E-state index contributed by atoms with van der Waals surface area (Å²) in [7, 11) is 0. The number of H-pyrrole nitrogens is 1. The van der Waals surface area contributed by atoms with Gasteiger partial charge in [0.15, 0.2) is 0 Å². The van der Waals surface area contributed by atoms with Crippen molar-refractivity contribution in [2.45, 2.75) is 6.42 Å². The van der Waals surface area contributed by atoms with Crippen LogP contribution in [0.25, 0.3) is 33.6 Å². The molecule has 5 nitrogen and oxygen atoms in total. The van der Waals surface area contributed by atoms with Crippen LogP contribution in [0.4, 0.5) is 0 Å². The van der Waals surface area contributed by atoms with Crippen LogP contribution in [0.1, 0.15) is 5.82 Å². The van der Waals surface area contributed by atoms with E-state index in [4.69, 9.17) is 10.2 Å². The zero-order chi connectivity index (χ0) is 15.6. The molecule has 2 aromatic carbocycles. The van der Waals surface area contributed by atoms with Crippen LogP contribution in [0.2, 0.25) is 0 Å². The number of benzene rings is 2. The van der Waals surface area contributed by atoms with Crippen LogP contribution in [0, 0.1) is 0 Å². The summed E-state index contributed by atoms with van der Waals surface area (Å²) < 4.78 is 5.46. The van der Waals surface area contributed by atoms with E-state index in [2.05, 4.69) is 33.2 Å². The highest BCUT2D eigenvalue weighted by molar-refractivity contribution is 5.86. The number of hydrogen-bond donors (Lipinski definition) is 2. The molecule has 3 N–H and O–H groups in total. The minimum absolute atomic E-state index is 0.583. The second kappa shape index (κ2) is 5.70. The molecular formula is C18H16N4O. The van der Waals surface area contributed by atoms with Gasteiger partial charge in [0.25, 0.3) is 0 Å². The number of aromatic nitrogens is 3. The minimum Gasteiger partial charge on any atom is -0.445 e. The molecule has 0 bridgehead atoms. The SMILES string of the molecule is NCCc1nc2ccc(-c3ccccc3-c3ncco3)cc2[nH]1. The Bertz CT molecular complexity index is 941. The van der Waals surface area contributed by atoms with Crippen molar-refractivity contribution in [2.75, 3.05) is 6.54 Å². The zero-order valence-electron chi connectivity index (χ0n) is 12.5. The molecule has 2 heterocycles. The molecule has 0 amide bonds. The van der Waals surface area contributed by atoms with E-state index in [0.717, 1.165) is 40.0 Å². The van der Waals surface area contributed by atoms with Gasteiger partial charge >= 0.3 is 0 Å². The van der Waals surface area contributed by atoms with Gasteiger partial charge in [0.1, 0.15) is 12.1 Å². The van der Waals surface area contributed by atoms with Gasteiger partial charge in [-0.25, -0.2) is 9.97 Å². The number of nitrogens with two attached hydrogens (primary N) is 1. The molecule has 5 heteroatoms. The van der Waals surface area contributed by atoms with Crippen LogP contribution in [-0.4, -0.2) is 21.5 Å². The van der Waals surface area contributed by atoms with Crippen LogP contribution in [0.15, 0.2) is 59.3 Å². The molecule has 23 heavy (non-hydrogen) atoms. The summed E-state index contributed by atoms with van der Waals surface area (Å²) in [6.45, 7) is 0.583. The third-order valence-electron chi connectivity index (χ3n) is 3.81. The Kier molecular flexibility index (Phi) is 3.40. The molecule has 114 valence electrons. The standard InChI is InChI=1S/C18H16N4O/c19-8-7-17-21-15-6-5-12(11-16(15)22-17)13-3-1-2-4-14(13)18-20-9-10-23-18/h1-6,9-11H,7-8,19H2,(H,21,22). The van der Waals surface area contributed by atoms with Gasteiger partial charge in [0.2, 0.25) is 5.89 Å². The van der Waals surface area contributed by atoms with Crippen molar-refractivity contribution < 1.29 is 4.42 Å². The quantitative estimate of drug-likeness (QED) is 0.605. The lowest BCUT2D eigenvalue weighted by molar-refractivity contribution is 0.575. The second-order valence-electron chi connectivity index (χ2n) is 5.34. The summed E-state index contributed by atoms with van der Waals surface area (Å²) in [5.74, 6) is 1.54. The zero-order valence-corrected chi connectivity index (χ0v) is 12.5. The van der Waals surface area contributed by atoms with Gasteiger partial charge in [0.05, 0.1) is 17.2 Å². The fourth-order valence-electron chi connectivity index (χ4n) is 2.76. The predicted octanol–water partition coefficient (Wildman–Crippen LogP) is 3.39. The van der Waals surface area contributed by atoms with E-state index in [-0.39, 0.29) is 0 Å². The van der Waals surface area contributed by atoms with Crippen LogP contribution in [0.5, 0.6) is 0 Å². The van der Waals surface area contributed by atoms with Gasteiger partial charge in [-0.05, 0) is 35.9 Å². The van der Waals surface area contributed by atoms with Crippen molar-refractivity contribution in [2.24, 2.45) is 5.73 Å². The maximum atomic E-state index is 5.60. The summed E-state index contributed by atoms with van der Waals surface area (Å²) in [5.41, 5.74) is 10.7. The molecular weight excluding hydrogens is 288 g/mol. The van der Waals surface area contributed by atoms with E-state index in [1.165, 1.54) is 0 Å². The van der Waals surface area contributed by atoms with E-state index in [1.807, 2.05) is 24.3 Å². The summed E-state index contributed by atoms with van der Waals surface area (Å²) in [6, 6.07) is 14.3. The lowest BCUT2D eigenvalue weighted by atomic mass is 9.99. The summed E-state index contributed by atoms with van der Waals surface area (Å²) in [5, 5.41) is 0. The fraction of sp³-hybridized carbons (Fsp3) is 0.111. The number of hydrogen-bond acceptors (Lipinski definition) is 4. The third-order valence-corrected chi connectivity index (χ3v) is 3.81. The monoisotopic (exact) mass is 304 g/mol. The summed E-state index contributed by atoms with van der Waals surface area (Å²) in [6.07, 6.45) is 3.99. The highest BCUT2D eigenvalue weighted by Crippen LogP contribution is 2.32. The van der Waals surface area contributed by atoms with Crippen molar-refractivity contribution >= 4 is 11.0 Å². The highest BCUT2D eigenvalue weighted by Gasteiger charge is 2.11. The van der Waals surface area contributed by atoms with Crippen molar-refractivity contribution in [1.29, 1.82) is 0 Å². The Morgan fingerprint density at radius 3 is 2.74 bits per heavy atom. The second-order valence-corrected chi connectivity index (χ2v) is 5.34. The van der Waals surface area contributed by atoms with Crippen LogP contribution < -0.4 is 5.73 Å². The molecule has 0 aliphatic heterocycles. The lowest BCUT2D eigenvalue weighted by Gasteiger charge is -2.06. The van der Waals surface area contributed by atoms with Gasteiger partial charge in [-0.1, -0.05) is 24.3 Å². The third kappa shape index (κ3) is 2.51. The maximum Gasteiger partial charge on any atom is 0.226 e. The molecule has 0 atom stereocenters. The number of oxazole rings is 1. The molecule has 0 radical (unpaired) electrons. The first-order chi connectivity index (χ1) is 11.3. The van der Waals surface area contributed by atoms with E-state index in [9.17, 15) is 0 Å². The van der Waals surface area contributed by atoms with Crippen molar-refractivity contribution in [3.63, 3.8) is 0 Å². The Morgan fingerprint density at radius 1 is 1.09 bits per heavy atom. The molecule has 0 spiro atoms. The molecule has 0 saturated heterocycles. The van der Waals surface area contributed by atoms with Gasteiger partial charge in [0, 0.05) is 12.0 Å².